The highest BCUT2D eigenvalue weighted by atomic mass is 16.5. The Morgan fingerprint density at radius 3 is 2.61 bits per heavy atom. The van der Waals surface area contributed by atoms with Crippen molar-refractivity contribution in [1.29, 1.82) is 0 Å². The smallest absolute Gasteiger partial charge is 0.245 e. The van der Waals surface area contributed by atoms with E-state index < -0.39 is 29.1 Å². The lowest BCUT2D eigenvalue weighted by atomic mass is 9.66. The van der Waals surface area contributed by atoms with Gasteiger partial charge >= 0.3 is 0 Å². The van der Waals surface area contributed by atoms with Crippen molar-refractivity contribution >= 4 is 17.7 Å². The molecule has 3 heterocycles. The van der Waals surface area contributed by atoms with Crippen molar-refractivity contribution in [2.45, 2.75) is 69.7 Å². The van der Waals surface area contributed by atoms with E-state index in [1.54, 1.807) is 4.90 Å². The molecule has 8 nitrogen and oxygen atoms in total. The number of nitrogens with zero attached hydrogens (tertiary/aromatic N) is 1. The first kappa shape index (κ1) is 23.7. The third-order valence-electron chi connectivity index (χ3n) is 7.50. The van der Waals surface area contributed by atoms with E-state index in [1.165, 1.54) is 0 Å². The van der Waals surface area contributed by atoms with Crippen LogP contribution in [0.2, 0.25) is 0 Å². The van der Waals surface area contributed by atoms with Gasteiger partial charge in [0.1, 0.15) is 11.6 Å². The minimum absolute atomic E-state index is 0.0782. The molecule has 3 aliphatic rings. The molecule has 1 aromatic rings. The van der Waals surface area contributed by atoms with Crippen molar-refractivity contribution in [1.82, 2.24) is 15.5 Å². The lowest BCUT2D eigenvalue weighted by Crippen LogP contribution is -2.55. The highest BCUT2D eigenvalue weighted by Gasteiger charge is 2.77. The van der Waals surface area contributed by atoms with E-state index in [4.69, 9.17) is 4.74 Å². The van der Waals surface area contributed by atoms with Crippen molar-refractivity contribution in [3.63, 3.8) is 0 Å². The molecule has 0 saturated carbocycles. The van der Waals surface area contributed by atoms with Crippen molar-refractivity contribution in [3.8, 4) is 0 Å². The average Bonchev–Trinajstić information content (AvgIpc) is 3.37. The second-order valence-corrected chi connectivity index (χ2v) is 9.68. The number of hydrogen-bond donors (Lipinski definition) is 3. The summed E-state index contributed by atoms with van der Waals surface area (Å²) in [5.41, 5.74) is -0.816. The number of carbonyl (C=O) groups excluding carboxylic acids is 3. The summed E-state index contributed by atoms with van der Waals surface area (Å²) < 4.78 is 6.53. The molecule has 1 spiro atoms. The summed E-state index contributed by atoms with van der Waals surface area (Å²) in [6.07, 6.45) is 3.35. The summed E-state index contributed by atoms with van der Waals surface area (Å²) in [4.78, 5) is 41.9. The maximum atomic E-state index is 13.7. The predicted molar refractivity (Wildman–Crippen MR) is 122 cm³/mol. The van der Waals surface area contributed by atoms with Crippen molar-refractivity contribution in [2.75, 3.05) is 19.7 Å². The molecule has 5 atom stereocenters. The van der Waals surface area contributed by atoms with Gasteiger partial charge in [0.25, 0.3) is 0 Å². The van der Waals surface area contributed by atoms with Crippen LogP contribution in [-0.4, -0.2) is 64.7 Å². The predicted octanol–water partition coefficient (Wildman–Crippen LogP) is 1.37. The van der Waals surface area contributed by atoms with Gasteiger partial charge in [0.15, 0.2) is 0 Å². The van der Waals surface area contributed by atoms with E-state index in [0.717, 1.165) is 18.4 Å². The van der Waals surface area contributed by atoms with Crippen LogP contribution in [0.1, 0.15) is 51.5 Å². The van der Waals surface area contributed by atoms with Gasteiger partial charge in [0.05, 0.1) is 17.4 Å². The molecule has 8 heteroatoms. The molecular formula is C25H35N3O5. The molecule has 180 valence electrons. The van der Waals surface area contributed by atoms with Crippen LogP contribution in [0.3, 0.4) is 0 Å². The Hall–Kier alpha value is -2.45. The van der Waals surface area contributed by atoms with Gasteiger partial charge in [-0.15, -0.1) is 0 Å². The van der Waals surface area contributed by atoms with Gasteiger partial charge in [0, 0.05) is 26.2 Å². The number of likely N-dealkylation sites (tertiary alicyclic amines) is 1. The van der Waals surface area contributed by atoms with Gasteiger partial charge < -0.3 is 25.4 Å². The molecule has 3 aliphatic heterocycles. The number of aliphatic hydroxyl groups excluding tert-OH is 1. The van der Waals surface area contributed by atoms with Crippen LogP contribution in [0.15, 0.2) is 30.3 Å². The summed E-state index contributed by atoms with van der Waals surface area (Å²) in [6, 6.07) is 8.85. The standard InChI is InChI=1S/C25H35N3O5/c1-3-4-13-26-22(31)20-25-12-11-24(2,33-25)18(19(25)23(32)28(20)14-8-15-29)21(30)27-16-17-9-6-5-7-10-17/h5-7,9-10,18-20,29H,3-4,8,11-16H2,1-2H3,(H,26,31)(H,27,30)/t18-,19-,20?,24+,25?/m0/s1. The normalized spacial score (nSPS) is 32.2. The number of carbonyl (C=O) groups is 3. The summed E-state index contributed by atoms with van der Waals surface area (Å²) >= 11 is 0. The van der Waals surface area contributed by atoms with Crippen molar-refractivity contribution in [3.05, 3.63) is 35.9 Å². The van der Waals surface area contributed by atoms with Gasteiger partial charge in [0.2, 0.25) is 17.7 Å². The van der Waals surface area contributed by atoms with E-state index in [-0.39, 0.29) is 30.9 Å². The molecule has 1 aromatic carbocycles. The molecule has 33 heavy (non-hydrogen) atoms. The van der Waals surface area contributed by atoms with Gasteiger partial charge in [-0.05, 0) is 38.2 Å². The summed E-state index contributed by atoms with van der Waals surface area (Å²) in [7, 11) is 0. The molecule has 4 rings (SSSR count). The Labute approximate surface area is 195 Å². The third kappa shape index (κ3) is 4.04. The highest BCUT2D eigenvalue weighted by molar-refractivity contribution is 5.99. The fourth-order valence-corrected chi connectivity index (χ4v) is 5.99. The number of aliphatic hydroxyl groups is 1. The zero-order chi connectivity index (χ0) is 23.6. The number of hydrogen-bond acceptors (Lipinski definition) is 5. The first-order valence-corrected chi connectivity index (χ1v) is 12.1. The van der Waals surface area contributed by atoms with Crippen LogP contribution in [-0.2, 0) is 25.7 Å². The lowest BCUT2D eigenvalue weighted by molar-refractivity contribution is -0.146. The van der Waals surface area contributed by atoms with Crippen LogP contribution in [0.4, 0.5) is 0 Å². The number of rotatable bonds is 10. The number of amides is 3. The van der Waals surface area contributed by atoms with Crippen molar-refractivity contribution in [2.24, 2.45) is 11.8 Å². The van der Waals surface area contributed by atoms with E-state index >= 15 is 0 Å². The summed E-state index contributed by atoms with van der Waals surface area (Å²) in [5, 5.41) is 15.3. The van der Waals surface area contributed by atoms with Crippen LogP contribution in [0.5, 0.6) is 0 Å². The van der Waals surface area contributed by atoms with E-state index in [2.05, 4.69) is 17.6 Å². The second kappa shape index (κ2) is 9.43. The molecule has 3 amide bonds. The highest BCUT2D eigenvalue weighted by Crippen LogP contribution is 2.63. The van der Waals surface area contributed by atoms with E-state index in [0.29, 0.717) is 32.4 Å². The van der Waals surface area contributed by atoms with Crippen LogP contribution < -0.4 is 10.6 Å². The third-order valence-corrected chi connectivity index (χ3v) is 7.50. The lowest BCUT2D eigenvalue weighted by Gasteiger charge is -2.33. The fourth-order valence-electron chi connectivity index (χ4n) is 5.99. The average molecular weight is 458 g/mol. The van der Waals surface area contributed by atoms with Gasteiger partial charge in [-0.2, -0.15) is 0 Å². The van der Waals surface area contributed by atoms with Gasteiger partial charge in [-0.3, -0.25) is 14.4 Å². The Balaban J connectivity index is 1.60. The molecule has 3 fully saturated rings. The Bertz CT molecular complexity index is 893. The molecular weight excluding hydrogens is 422 g/mol. The van der Waals surface area contributed by atoms with Crippen LogP contribution in [0.25, 0.3) is 0 Å². The summed E-state index contributed by atoms with van der Waals surface area (Å²) in [6.45, 7) is 5.03. The molecule has 2 unspecified atom stereocenters. The molecule has 2 bridgehead atoms. The first-order chi connectivity index (χ1) is 15.9. The number of fused-ring (bicyclic) bond motifs is 1. The first-order valence-electron chi connectivity index (χ1n) is 12.1. The minimum Gasteiger partial charge on any atom is -0.396 e. The van der Waals surface area contributed by atoms with Crippen LogP contribution >= 0.6 is 0 Å². The maximum absolute atomic E-state index is 13.7. The summed E-state index contributed by atoms with van der Waals surface area (Å²) in [5.74, 6) is -2.02. The minimum atomic E-state index is -1.01. The van der Waals surface area contributed by atoms with E-state index in [1.807, 2.05) is 37.3 Å². The second-order valence-electron chi connectivity index (χ2n) is 9.68. The van der Waals surface area contributed by atoms with Crippen molar-refractivity contribution < 1.29 is 24.2 Å². The molecule has 3 saturated heterocycles. The van der Waals surface area contributed by atoms with Crippen LogP contribution in [0, 0.1) is 11.8 Å². The molecule has 0 aromatic heterocycles. The SMILES string of the molecule is CCCCNC(=O)C1N(CCCO)C(=O)[C@@H]2[C@@H](C(=O)NCc3ccccc3)[C@@]3(C)CCC12O3. The maximum Gasteiger partial charge on any atom is 0.245 e. The number of nitrogens with one attached hydrogen (secondary N) is 2. The Kier molecular flexibility index (Phi) is 6.77. The number of ether oxygens (including phenoxy) is 1. The monoisotopic (exact) mass is 457 g/mol. The number of unbranched alkanes of at least 4 members (excludes halogenated alkanes) is 1. The number of benzene rings is 1. The zero-order valence-electron chi connectivity index (χ0n) is 19.5. The fraction of sp³-hybridized carbons (Fsp3) is 0.640. The Morgan fingerprint density at radius 2 is 1.91 bits per heavy atom. The molecule has 0 aliphatic carbocycles. The zero-order valence-corrected chi connectivity index (χ0v) is 19.5. The van der Waals surface area contributed by atoms with Gasteiger partial charge in [-0.25, -0.2) is 0 Å². The molecule has 0 radical (unpaired) electrons. The Morgan fingerprint density at radius 1 is 1.15 bits per heavy atom. The topological polar surface area (TPSA) is 108 Å². The van der Waals surface area contributed by atoms with Gasteiger partial charge in [-0.1, -0.05) is 43.7 Å². The van der Waals surface area contributed by atoms with E-state index in [9.17, 15) is 19.5 Å². The quantitative estimate of drug-likeness (QED) is 0.460. The molecule has 3 N–H and O–H groups in total. The largest absolute Gasteiger partial charge is 0.396 e.